The van der Waals surface area contributed by atoms with Gasteiger partial charge in [0.1, 0.15) is 0 Å². The molecule has 0 bridgehead atoms. The van der Waals surface area contributed by atoms with Crippen LogP contribution < -0.4 is 5.32 Å². The lowest BCUT2D eigenvalue weighted by Crippen LogP contribution is -2.45. The van der Waals surface area contributed by atoms with E-state index in [0.717, 1.165) is 11.1 Å². The van der Waals surface area contributed by atoms with Crippen LogP contribution in [0.1, 0.15) is 24.0 Å². The Balaban J connectivity index is 1.80. The maximum absolute atomic E-state index is 12.1. The number of nitrogens with one attached hydrogen (secondary N) is 1. The van der Waals surface area contributed by atoms with Crippen molar-refractivity contribution >= 4 is 12.0 Å². The average Bonchev–Trinajstić information content (AvgIpc) is 2.53. The van der Waals surface area contributed by atoms with E-state index in [1.165, 1.54) is 0 Å². The minimum absolute atomic E-state index is 0.138. The number of urea groups is 1. The van der Waals surface area contributed by atoms with E-state index in [1.807, 2.05) is 24.3 Å². The standard InChI is InChI=1S/C16H22N2O4/c1-22-11-13-4-2-3-12(9-13)10-17-16(21)18-7-5-14(6-8-18)15(19)20/h2-4,9,14H,5-8,10-11H2,1H3,(H,17,21)(H,19,20). The van der Waals surface area contributed by atoms with Gasteiger partial charge in [0.05, 0.1) is 12.5 Å². The molecule has 1 fully saturated rings. The summed E-state index contributed by atoms with van der Waals surface area (Å²) in [7, 11) is 1.65. The minimum atomic E-state index is -0.769. The fourth-order valence-electron chi connectivity index (χ4n) is 2.62. The lowest BCUT2D eigenvalue weighted by Gasteiger charge is -2.30. The average molecular weight is 306 g/mol. The number of nitrogens with zero attached hydrogens (tertiary/aromatic N) is 1. The molecule has 0 spiro atoms. The van der Waals surface area contributed by atoms with Gasteiger partial charge in [0, 0.05) is 26.7 Å². The van der Waals surface area contributed by atoms with E-state index in [1.54, 1.807) is 12.0 Å². The Morgan fingerprint density at radius 1 is 1.32 bits per heavy atom. The molecule has 1 aromatic carbocycles. The van der Waals surface area contributed by atoms with Gasteiger partial charge in [-0.3, -0.25) is 4.79 Å². The number of likely N-dealkylation sites (tertiary alicyclic amines) is 1. The Kier molecular flexibility index (Phi) is 5.77. The number of aliphatic carboxylic acids is 1. The van der Waals surface area contributed by atoms with E-state index < -0.39 is 5.97 Å². The number of benzene rings is 1. The second-order valence-corrected chi connectivity index (χ2v) is 5.51. The van der Waals surface area contributed by atoms with Gasteiger partial charge in [0.2, 0.25) is 0 Å². The molecule has 0 aliphatic carbocycles. The van der Waals surface area contributed by atoms with Crippen molar-refractivity contribution in [2.75, 3.05) is 20.2 Å². The third-order valence-electron chi connectivity index (χ3n) is 3.88. The molecule has 2 N–H and O–H groups in total. The smallest absolute Gasteiger partial charge is 0.317 e. The summed E-state index contributed by atoms with van der Waals surface area (Å²) < 4.78 is 5.09. The highest BCUT2D eigenvalue weighted by molar-refractivity contribution is 5.75. The molecular weight excluding hydrogens is 284 g/mol. The zero-order valence-corrected chi connectivity index (χ0v) is 12.7. The maximum atomic E-state index is 12.1. The summed E-state index contributed by atoms with van der Waals surface area (Å²) in [5, 5.41) is 11.8. The van der Waals surface area contributed by atoms with Crippen molar-refractivity contribution in [1.29, 1.82) is 0 Å². The Hall–Kier alpha value is -2.08. The SMILES string of the molecule is COCc1cccc(CNC(=O)N2CCC(C(=O)O)CC2)c1. The predicted molar refractivity (Wildman–Crippen MR) is 81.3 cm³/mol. The molecule has 1 aliphatic heterocycles. The highest BCUT2D eigenvalue weighted by atomic mass is 16.5. The lowest BCUT2D eigenvalue weighted by molar-refractivity contribution is -0.143. The summed E-state index contributed by atoms with van der Waals surface area (Å²) in [4.78, 5) is 24.7. The molecular formula is C16H22N2O4. The molecule has 6 heteroatoms. The monoisotopic (exact) mass is 306 g/mol. The maximum Gasteiger partial charge on any atom is 0.317 e. The molecule has 1 aromatic rings. The molecule has 2 rings (SSSR count). The van der Waals surface area contributed by atoms with Crippen LogP contribution in [0.4, 0.5) is 4.79 Å². The number of piperidine rings is 1. The summed E-state index contributed by atoms with van der Waals surface area (Å²) in [5.41, 5.74) is 2.08. The second kappa shape index (κ2) is 7.79. The van der Waals surface area contributed by atoms with Crippen molar-refractivity contribution in [3.63, 3.8) is 0 Å². The minimum Gasteiger partial charge on any atom is -0.481 e. The van der Waals surface area contributed by atoms with Crippen molar-refractivity contribution in [2.24, 2.45) is 5.92 Å². The molecule has 6 nitrogen and oxygen atoms in total. The Labute approximate surface area is 130 Å². The third kappa shape index (κ3) is 4.46. The van der Waals surface area contributed by atoms with Crippen LogP contribution in [0, 0.1) is 5.92 Å². The van der Waals surface area contributed by atoms with Gasteiger partial charge in [-0.05, 0) is 24.0 Å². The molecule has 1 heterocycles. The number of carbonyl (C=O) groups excluding carboxylic acids is 1. The van der Waals surface area contributed by atoms with Crippen LogP contribution in [0.2, 0.25) is 0 Å². The molecule has 0 unspecified atom stereocenters. The molecule has 0 saturated carbocycles. The van der Waals surface area contributed by atoms with Crippen molar-refractivity contribution in [3.8, 4) is 0 Å². The van der Waals surface area contributed by atoms with Crippen molar-refractivity contribution < 1.29 is 19.4 Å². The summed E-state index contributed by atoms with van der Waals surface area (Å²) >= 11 is 0. The van der Waals surface area contributed by atoms with Gasteiger partial charge in [-0.1, -0.05) is 24.3 Å². The number of rotatable bonds is 5. The van der Waals surface area contributed by atoms with E-state index in [4.69, 9.17) is 9.84 Å². The molecule has 1 saturated heterocycles. The van der Waals surface area contributed by atoms with Crippen LogP contribution in [0.5, 0.6) is 0 Å². The highest BCUT2D eigenvalue weighted by Gasteiger charge is 2.26. The molecule has 22 heavy (non-hydrogen) atoms. The lowest BCUT2D eigenvalue weighted by atomic mass is 9.97. The highest BCUT2D eigenvalue weighted by Crippen LogP contribution is 2.17. The second-order valence-electron chi connectivity index (χ2n) is 5.51. The number of methoxy groups -OCH3 is 1. The summed E-state index contributed by atoms with van der Waals surface area (Å²) in [6.07, 6.45) is 1.04. The van der Waals surface area contributed by atoms with Crippen LogP contribution >= 0.6 is 0 Å². The van der Waals surface area contributed by atoms with E-state index in [9.17, 15) is 9.59 Å². The number of ether oxygens (including phenoxy) is 1. The van der Waals surface area contributed by atoms with Crippen LogP contribution in [0.25, 0.3) is 0 Å². The van der Waals surface area contributed by atoms with Gasteiger partial charge >= 0.3 is 12.0 Å². The molecule has 120 valence electrons. The zero-order chi connectivity index (χ0) is 15.9. The van der Waals surface area contributed by atoms with Gasteiger partial charge in [-0.25, -0.2) is 4.79 Å². The van der Waals surface area contributed by atoms with Crippen LogP contribution in [0.3, 0.4) is 0 Å². The van der Waals surface area contributed by atoms with Crippen LogP contribution in [-0.2, 0) is 22.7 Å². The number of hydrogen-bond acceptors (Lipinski definition) is 3. The third-order valence-corrected chi connectivity index (χ3v) is 3.88. The van der Waals surface area contributed by atoms with Crippen molar-refractivity contribution in [2.45, 2.75) is 26.0 Å². The topological polar surface area (TPSA) is 78.9 Å². The Morgan fingerprint density at radius 3 is 2.64 bits per heavy atom. The number of carboxylic acids is 1. The van der Waals surface area contributed by atoms with Crippen LogP contribution in [-0.4, -0.2) is 42.2 Å². The van der Waals surface area contributed by atoms with Gasteiger partial charge in [-0.15, -0.1) is 0 Å². The van der Waals surface area contributed by atoms with Gasteiger partial charge < -0.3 is 20.1 Å². The molecule has 0 aromatic heterocycles. The first kappa shape index (κ1) is 16.3. The van der Waals surface area contributed by atoms with Crippen LogP contribution in [0.15, 0.2) is 24.3 Å². The molecule has 1 aliphatic rings. The Morgan fingerprint density at radius 2 is 2.00 bits per heavy atom. The fraction of sp³-hybridized carbons (Fsp3) is 0.500. The van der Waals surface area contributed by atoms with Crippen molar-refractivity contribution in [1.82, 2.24) is 10.2 Å². The number of hydrogen-bond donors (Lipinski definition) is 2. The summed E-state index contributed by atoms with van der Waals surface area (Å²) in [6, 6.07) is 7.73. The first-order valence-corrected chi connectivity index (χ1v) is 7.42. The summed E-state index contributed by atoms with van der Waals surface area (Å²) in [6.45, 7) is 1.98. The quantitative estimate of drug-likeness (QED) is 0.870. The predicted octanol–water partition coefficient (Wildman–Crippen LogP) is 1.84. The Bertz CT molecular complexity index is 525. The van der Waals surface area contributed by atoms with E-state index in [-0.39, 0.29) is 11.9 Å². The summed E-state index contributed by atoms with van der Waals surface area (Å²) in [5.74, 6) is -1.09. The van der Waals surface area contributed by atoms with Gasteiger partial charge in [-0.2, -0.15) is 0 Å². The normalized spacial score (nSPS) is 15.6. The number of carbonyl (C=O) groups is 2. The van der Waals surface area contributed by atoms with Gasteiger partial charge in [0.15, 0.2) is 0 Å². The zero-order valence-electron chi connectivity index (χ0n) is 12.7. The largest absolute Gasteiger partial charge is 0.481 e. The molecule has 0 radical (unpaired) electrons. The number of carboxylic acid groups (broad SMARTS) is 1. The van der Waals surface area contributed by atoms with E-state index >= 15 is 0 Å². The fourth-order valence-corrected chi connectivity index (χ4v) is 2.62. The van der Waals surface area contributed by atoms with E-state index in [2.05, 4.69) is 5.32 Å². The molecule has 2 amide bonds. The first-order valence-electron chi connectivity index (χ1n) is 7.42. The number of amides is 2. The van der Waals surface area contributed by atoms with Gasteiger partial charge in [0.25, 0.3) is 0 Å². The van der Waals surface area contributed by atoms with E-state index in [0.29, 0.717) is 39.1 Å². The van der Waals surface area contributed by atoms with Crippen molar-refractivity contribution in [3.05, 3.63) is 35.4 Å². The molecule has 0 atom stereocenters. The first-order chi connectivity index (χ1) is 10.6.